The first-order valence-corrected chi connectivity index (χ1v) is 10.7. The molecule has 1 amide bonds. The van der Waals surface area contributed by atoms with Crippen LogP contribution >= 0.6 is 11.3 Å². The summed E-state index contributed by atoms with van der Waals surface area (Å²) in [4.78, 5) is 14.6. The normalized spacial score (nSPS) is 19.2. The zero-order valence-electron chi connectivity index (χ0n) is 15.5. The van der Waals surface area contributed by atoms with Gasteiger partial charge in [0.05, 0.1) is 0 Å². The molecule has 1 saturated heterocycles. The molecule has 1 aromatic carbocycles. The van der Waals surface area contributed by atoms with E-state index in [0.717, 1.165) is 43.8 Å². The topological polar surface area (TPSA) is 46.1 Å². The van der Waals surface area contributed by atoms with Crippen molar-refractivity contribution in [3.8, 4) is 0 Å². The lowest BCUT2D eigenvalue weighted by Crippen LogP contribution is -2.37. The van der Waals surface area contributed by atoms with Crippen molar-refractivity contribution in [1.82, 2.24) is 15.1 Å². The maximum Gasteiger partial charge on any atom is 0.253 e. The quantitative estimate of drug-likeness (QED) is 0.791. The van der Waals surface area contributed by atoms with Crippen LogP contribution in [0.4, 0.5) is 0 Å². The molecule has 4 rings (SSSR count). The SMILES string of the molecule is Cc1ccc(C(=O)N2CCC(c3nnc(CC4CCCC4)s3)CC2)cc1. The maximum atomic E-state index is 12.7. The second-order valence-corrected chi connectivity index (χ2v) is 8.91. The van der Waals surface area contributed by atoms with Gasteiger partial charge in [-0.25, -0.2) is 0 Å². The number of carbonyl (C=O) groups is 1. The molecule has 2 fully saturated rings. The summed E-state index contributed by atoms with van der Waals surface area (Å²) in [6, 6.07) is 7.88. The van der Waals surface area contributed by atoms with Gasteiger partial charge in [-0.3, -0.25) is 4.79 Å². The second kappa shape index (κ2) is 7.87. The van der Waals surface area contributed by atoms with E-state index in [9.17, 15) is 4.79 Å². The van der Waals surface area contributed by atoms with E-state index >= 15 is 0 Å². The van der Waals surface area contributed by atoms with Crippen molar-refractivity contribution in [3.05, 3.63) is 45.4 Å². The van der Waals surface area contributed by atoms with Gasteiger partial charge < -0.3 is 4.90 Å². The minimum Gasteiger partial charge on any atom is -0.339 e. The Morgan fingerprint density at radius 3 is 2.46 bits per heavy atom. The molecule has 2 heterocycles. The number of nitrogens with zero attached hydrogens (tertiary/aromatic N) is 3. The molecular formula is C21H27N3OS. The van der Waals surface area contributed by atoms with Crippen molar-refractivity contribution >= 4 is 17.2 Å². The average Bonchev–Trinajstić information content (AvgIpc) is 3.35. The molecule has 0 bridgehead atoms. The monoisotopic (exact) mass is 369 g/mol. The summed E-state index contributed by atoms with van der Waals surface area (Å²) in [5, 5.41) is 11.3. The molecule has 1 aliphatic carbocycles. The second-order valence-electron chi connectivity index (χ2n) is 7.82. The van der Waals surface area contributed by atoms with Gasteiger partial charge >= 0.3 is 0 Å². The van der Waals surface area contributed by atoms with Crippen molar-refractivity contribution < 1.29 is 4.79 Å². The average molecular weight is 370 g/mol. The van der Waals surface area contributed by atoms with Crippen LogP contribution < -0.4 is 0 Å². The summed E-state index contributed by atoms with van der Waals surface area (Å²) in [7, 11) is 0. The first-order valence-electron chi connectivity index (χ1n) is 9.87. The van der Waals surface area contributed by atoms with Crippen LogP contribution in [0.5, 0.6) is 0 Å². The van der Waals surface area contributed by atoms with E-state index in [1.807, 2.05) is 47.4 Å². The number of hydrogen-bond donors (Lipinski definition) is 0. The van der Waals surface area contributed by atoms with Gasteiger partial charge in [0.2, 0.25) is 0 Å². The van der Waals surface area contributed by atoms with Crippen molar-refractivity contribution in [2.24, 2.45) is 5.92 Å². The van der Waals surface area contributed by atoms with Crippen LogP contribution in [-0.4, -0.2) is 34.1 Å². The van der Waals surface area contributed by atoms with Crippen molar-refractivity contribution in [2.45, 2.75) is 57.8 Å². The third kappa shape index (κ3) is 3.98. The fraction of sp³-hybridized carbons (Fsp3) is 0.571. The summed E-state index contributed by atoms with van der Waals surface area (Å²) in [5.74, 6) is 1.44. The number of likely N-dealkylation sites (tertiary alicyclic amines) is 1. The van der Waals surface area contributed by atoms with Crippen LogP contribution in [0.1, 0.15) is 70.4 Å². The van der Waals surface area contributed by atoms with E-state index in [0.29, 0.717) is 5.92 Å². The summed E-state index contributed by atoms with van der Waals surface area (Å²) in [6.45, 7) is 3.67. The molecule has 0 unspecified atom stereocenters. The fourth-order valence-electron chi connectivity index (χ4n) is 4.18. The van der Waals surface area contributed by atoms with Gasteiger partial charge in [0.1, 0.15) is 10.0 Å². The molecule has 1 aromatic heterocycles. The smallest absolute Gasteiger partial charge is 0.253 e. The molecule has 0 spiro atoms. The molecule has 0 radical (unpaired) electrons. The summed E-state index contributed by atoms with van der Waals surface area (Å²) in [5.41, 5.74) is 1.98. The molecular weight excluding hydrogens is 342 g/mol. The van der Waals surface area contributed by atoms with Gasteiger partial charge in [0.25, 0.3) is 5.91 Å². The molecule has 138 valence electrons. The number of amides is 1. The zero-order chi connectivity index (χ0) is 17.9. The molecule has 0 N–H and O–H groups in total. The van der Waals surface area contributed by atoms with Gasteiger partial charge in [0, 0.05) is 31.0 Å². The largest absolute Gasteiger partial charge is 0.339 e. The molecule has 2 aromatic rings. The van der Waals surface area contributed by atoms with Gasteiger partial charge in [-0.2, -0.15) is 0 Å². The van der Waals surface area contributed by atoms with Gasteiger partial charge in [-0.05, 0) is 37.8 Å². The zero-order valence-corrected chi connectivity index (χ0v) is 16.3. The maximum absolute atomic E-state index is 12.7. The van der Waals surface area contributed by atoms with E-state index in [1.54, 1.807) is 0 Å². The van der Waals surface area contributed by atoms with E-state index in [1.165, 1.54) is 41.3 Å². The van der Waals surface area contributed by atoms with E-state index in [-0.39, 0.29) is 5.91 Å². The number of aryl methyl sites for hydroxylation is 1. The lowest BCUT2D eigenvalue weighted by atomic mass is 9.97. The van der Waals surface area contributed by atoms with Crippen LogP contribution in [0, 0.1) is 12.8 Å². The Kier molecular flexibility index (Phi) is 5.34. The molecule has 4 nitrogen and oxygen atoms in total. The number of rotatable bonds is 4. The fourth-order valence-corrected chi connectivity index (χ4v) is 5.31. The van der Waals surface area contributed by atoms with Gasteiger partial charge in [0.15, 0.2) is 0 Å². The van der Waals surface area contributed by atoms with E-state index in [4.69, 9.17) is 0 Å². The highest BCUT2D eigenvalue weighted by atomic mass is 32.1. The minimum absolute atomic E-state index is 0.155. The predicted octanol–water partition coefficient (Wildman–Crippen LogP) is 4.60. The Morgan fingerprint density at radius 1 is 1.08 bits per heavy atom. The van der Waals surface area contributed by atoms with Crippen LogP contribution in [0.3, 0.4) is 0 Å². The number of piperidine rings is 1. The molecule has 1 saturated carbocycles. The summed E-state index contributed by atoms with van der Waals surface area (Å²) < 4.78 is 0. The lowest BCUT2D eigenvalue weighted by molar-refractivity contribution is 0.0713. The van der Waals surface area contributed by atoms with E-state index in [2.05, 4.69) is 10.2 Å². The van der Waals surface area contributed by atoms with Crippen molar-refractivity contribution in [3.63, 3.8) is 0 Å². The highest BCUT2D eigenvalue weighted by molar-refractivity contribution is 7.11. The highest BCUT2D eigenvalue weighted by Gasteiger charge is 2.27. The predicted molar refractivity (Wildman–Crippen MR) is 105 cm³/mol. The van der Waals surface area contributed by atoms with Crippen LogP contribution in [0.25, 0.3) is 0 Å². The first-order chi connectivity index (χ1) is 12.7. The Labute approximate surface area is 159 Å². The Morgan fingerprint density at radius 2 is 1.77 bits per heavy atom. The Balaban J connectivity index is 1.32. The highest BCUT2D eigenvalue weighted by Crippen LogP contribution is 2.33. The lowest BCUT2D eigenvalue weighted by Gasteiger charge is -2.31. The van der Waals surface area contributed by atoms with Crippen LogP contribution in [0.15, 0.2) is 24.3 Å². The van der Waals surface area contributed by atoms with Gasteiger partial charge in [-0.15, -0.1) is 21.5 Å². The van der Waals surface area contributed by atoms with E-state index < -0.39 is 0 Å². The van der Waals surface area contributed by atoms with Crippen LogP contribution in [-0.2, 0) is 6.42 Å². The molecule has 26 heavy (non-hydrogen) atoms. The Hall–Kier alpha value is -1.75. The van der Waals surface area contributed by atoms with Crippen molar-refractivity contribution in [2.75, 3.05) is 13.1 Å². The first kappa shape index (κ1) is 17.7. The summed E-state index contributed by atoms with van der Waals surface area (Å²) in [6.07, 6.45) is 8.57. The molecule has 5 heteroatoms. The number of aromatic nitrogens is 2. The van der Waals surface area contributed by atoms with Gasteiger partial charge in [-0.1, -0.05) is 43.4 Å². The Bertz CT molecular complexity index is 741. The third-order valence-corrected chi connectivity index (χ3v) is 6.96. The molecule has 0 atom stereocenters. The van der Waals surface area contributed by atoms with Crippen LogP contribution in [0.2, 0.25) is 0 Å². The number of carbonyl (C=O) groups excluding carboxylic acids is 1. The minimum atomic E-state index is 0.155. The number of hydrogen-bond acceptors (Lipinski definition) is 4. The summed E-state index contributed by atoms with van der Waals surface area (Å²) >= 11 is 1.81. The van der Waals surface area contributed by atoms with Crippen molar-refractivity contribution in [1.29, 1.82) is 0 Å². The standard InChI is InChI=1S/C21H27N3OS/c1-15-6-8-18(9-7-15)21(25)24-12-10-17(11-13-24)20-23-22-19(26-20)14-16-4-2-3-5-16/h6-9,16-17H,2-5,10-14H2,1H3. The molecule has 1 aliphatic heterocycles. The molecule has 2 aliphatic rings. The number of benzene rings is 1. The third-order valence-electron chi connectivity index (χ3n) is 5.85.